The molecule has 0 aliphatic heterocycles. The van der Waals surface area contributed by atoms with E-state index in [2.05, 4.69) is 6.58 Å². The first-order chi connectivity index (χ1) is 9.24. The quantitative estimate of drug-likeness (QED) is 0.530. The Labute approximate surface area is 117 Å². The Morgan fingerprint density at radius 2 is 1.58 bits per heavy atom. The van der Waals surface area contributed by atoms with Crippen LogP contribution in [0.25, 0.3) is 0 Å². The van der Waals surface area contributed by atoms with Crippen molar-refractivity contribution in [2.45, 2.75) is 82.7 Å². The molecule has 0 saturated heterocycles. The van der Waals surface area contributed by atoms with Gasteiger partial charge in [0.15, 0.2) is 0 Å². The molecule has 19 heavy (non-hydrogen) atoms. The third-order valence-electron chi connectivity index (χ3n) is 4.98. The largest absolute Gasteiger partial charge is 0.456 e. The zero-order chi connectivity index (χ0) is 13.6. The Bertz CT molecular complexity index is 294. The van der Waals surface area contributed by atoms with E-state index in [1.807, 2.05) is 0 Å². The zero-order valence-electron chi connectivity index (χ0n) is 12.2. The molecule has 2 aliphatic rings. The lowest BCUT2D eigenvalue weighted by Crippen LogP contribution is -2.35. The Kier molecular flexibility index (Phi) is 5.47. The molecule has 2 bridgehead atoms. The summed E-state index contributed by atoms with van der Waals surface area (Å²) >= 11 is 0. The van der Waals surface area contributed by atoms with Crippen LogP contribution in [0.3, 0.4) is 0 Å². The molecule has 0 aromatic rings. The molecule has 2 fully saturated rings. The highest BCUT2D eigenvalue weighted by Crippen LogP contribution is 2.38. The number of carbonyl (C=O) groups excluding carboxylic acids is 1. The first-order valence-electron chi connectivity index (χ1n) is 8.09. The molecular weight excluding hydrogens is 236 g/mol. The second-order valence-corrected chi connectivity index (χ2v) is 6.41. The molecule has 0 radical (unpaired) electrons. The van der Waals surface area contributed by atoms with Crippen molar-refractivity contribution in [3.8, 4) is 0 Å². The summed E-state index contributed by atoms with van der Waals surface area (Å²) in [6.45, 7) is 3.55. The van der Waals surface area contributed by atoms with Gasteiger partial charge in [-0.2, -0.15) is 0 Å². The Hall–Kier alpha value is -0.790. The van der Waals surface area contributed by atoms with E-state index in [9.17, 15) is 4.79 Å². The van der Waals surface area contributed by atoms with Crippen LogP contribution < -0.4 is 0 Å². The molecule has 2 heteroatoms. The molecule has 0 atom stereocenters. The van der Waals surface area contributed by atoms with Crippen LogP contribution in [-0.2, 0) is 9.53 Å². The fourth-order valence-electron chi connectivity index (χ4n) is 3.80. The minimum Gasteiger partial charge on any atom is -0.456 e. The van der Waals surface area contributed by atoms with Gasteiger partial charge >= 0.3 is 5.97 Å². The number of carbonyl (C=O) groups is 1. The van der Waals surface area contributed by atoms with Crippen molar-refractivity contribution >= 4 is 5.97 Å². The van der Waals surface area contributed by atoms with Gasteiger partial charge in [-0.05, 0) is 44.4 Å². The maximum Gasteiger partial charge on any atom is 0.330 e. The van der Waals surface area contributed by atoms with Crippen LogP contribution in [0.5, 0.6) is 0 Å². The van der Waals surface area contributed by atoms with Gasteiger partial charge in [0.2, 0.25) is 0 Å². The lowest BCUT2D eigenvalue weighted by molar-refractivity contribution is -0.156. The highest BCUT2D eigenvalue weighted by Gasteiger charge is 2.34. The van der Waals surface area contributed by atoms with Crippen LogP contribution in [0.4, 0.5) is 0 Å². The average molecular weight is 264 g/mol. The van der Waals surface area contributed by atoms with Gasteiger partial charge in [-0.1, -0.05) is 45.1 Å². The molecule has 108 valence electrons. The molecule has 0 amide bonds. The molecule has 0 aromatic carbocycles. The van der Waals surface area contributed by atoms with E-state index in [4.69, 9.17) is 4.74 Å². The predicted molar refractivity (Wildman–Crippen MR) is 77.9 cm³/mol. The second kappa shape index (κ2) is 7.12. The van der Waals surface area contributed by atoms with Crippen molar-refractivity contribution in [3.05, 3.63) is 12.7 Å². The van der Waals surface area contributed by atoms with Crippen molar-refractivity contribution in [3.63, 3.8) is 0 Å². The standard InChI is InChI=1S/C17H28O2/c1-2-16(18)19-17-12-7-3-5-9-15(11-14-17)10-6-4-8-13-17/h2,15H,1,3-14H2. The summed E-state index contributed by atoms with van der Waals surface area (Å²) < 4.78 is 5.84. The smallest absolute Gasteiger partial charge is 0.330 e. The van der Waals surface area contributed by atoms with Crippen LogP contribution >= 0.6 is 0 Å². The highest BCUT2D eigenvalue weighted by molar-refractivity contribution is 5.81. The van der Waals surface area contributed by atoms with Crippen LogP contribution in [0.2, 0.25) is 0 Å². The zero-order valence-corrected chi connectivity index (χ0v) is 12.2. The highest BCUT2D eigenvalue weighted by atomic mass is 16.6. The minimum absolute atomic E-state index is 0.182. The number of hydrogen-bond donors (Lipinski definition) is 0. The van der Waals surface area contributed by atoms with E-state index in [0.29, 0.717) is 0 Å². The summed E-state index contributed by atoms with van der Waals surface area (Å²) in [6, 6.07) is 0. The molecule has 0 unspecified atom stereocenters. The van der Waals surface area contributed by atoms with E-state index in [-0.39, 0.29) is 11.6 Å². The van der Waals surface area contributed by atoms with Gasteiger partial charge in [0.25, 0.3) is 0 Å². The molecule has 0 spiro atoms. The average Bonchev–Trinajstić information content (AvgIpc) is 2.55. The molecular formula is C17H28O2. The maximum atomic E-state index is 11.7. The summed E-state index contributed by atoms with van der Waals surface area (Å²) in [4.78, 5) is 11.7. The number of hydrogen-bond acceptors (Lipinski definition) is 2. The normalized spacial score (nSPS) is 32.9. The summed E-state index contributed by atoms with van der Waals surface area (Å²) in [7, 11) is 0. The van der Waals surface area contributed by atoms with Crippen LogP contribution in [0, 0.1) is 5.92 Å². The topological polar surface area (TPSA) is 26.3 Å². The summed E-state index contributed by atoms with van der Waals surface area (Å²) in [5.74, 6) is 0.632. The molecule has 2 aliphatic carbocycles. The van der Waals surface area contributed by atoms with E-state index < -0.39 is 0 Å². The maximum absolute atomic E-state index is 11.7. The monoisotopic (exact) mass is 264 g/mol. The fourth-order valence-corrected chi connectivity index (χ4v) is 3.80. The fraction of sp³-hybridized carbons (Fsp3) is 0.824. The van der Waals surface area contributed by atoms with Gasteiger partial charge in [0.05, 0.1) is 0 Å². The third kappa shape index (κ3) is 4.36. The van der Waals surface area contributed by atoms with Gasteiger partial charge in [0.1, 0.15) is 5.60 Å². The minimum atomic E-state index is -0.227. The van der Waals surface area contributed by atoms with Gasteiger partial charge in [-0.15, -0.1) is 0 Å². The van der Waals surface area contributed by atoms with Crippen LogP contribution in [-0.4, -0.2) is 11.6 Å². The first-order valence-corrected chi connectivity index (χ1v) is 8.09. The van der Waals surface area contributed by atoms with Gasteiger partial charge < -0.3 is 4.74 Å². The number of fused-ring (bicyclic) bond motifs is 3. The van der Waals surface area contributed by atoms with Gasteiger partial charge in [-0.25, -0.2) is 4.79 Å². The summed E-state index contributed by atoms with van der Waals surface area (Å²) in [5, 5.41) is 0. The van der Waals surface area contributed by atoms with Crippen LogP contribution in [0.15, 0.2) is 12.7 Å². The Morgan fingerprint density at radius 1 is 0.947 bits per heavy atom. The van der Waals surface area contributed by atoms with E-state index in [0.717, 1.165) is 25.2 Å². The first kappa shape index (κ1) is 14.6. The van der Waals surface area contributed by atoms with Crippen molar-refractivity contribution in [2.24, 2.45) is 5.92 Å². The Morgan fingerprint density at radius 3 is 2.16 bits per heavy atom. The Balaban J connectivity index is 2.12. The number of rotatable bonds is 2. The molecule has 0 heterocycles. The van der Waals surface area contributed by atoms with E-state index in [1.165, 1.54) is 63.9 Å². The van der Waals surface area contributed by atoms with E-state index in [1.54, 1.807) is 0 Å². The van der Waals surface area contributed by atoms with Gasteiger partial charge in [0, 0.05) is 6.08 Å². The van der Waals surface area contributed by atoms with Crippen molar-refractivity contribution < 1.29 is 9.53 Å². The lowest BCUT2D eigenvalue weighted by Gasteiger charge is -2.33. The molecule has 2 rings (SSSR count). The van der Waals surface area contributed by atoms with E-state index >= 15 is 0 Å². The molecule has 0 aromatic heterocycles. The predicted octanol–water partition coefficient (Wildman–Crippen LogP) is 4.78. The lowest BCUT2D eigenvalue weighted by atomic mass is 9.85. The van der Waals surface area contributed by atoms with Gasteiger partial charge in [-0.3, -0.25) is 0 Å². The van der Waals surface area contributed by atoms with Crippen molar-refractivity contribution in [2.75, 3.05) is 0 Å². The van der Waals surface area contributed by atoms with Crippen LogP contribution in [0.1, 0.15) is 77.0 Å². The molecule has 2 nitrogen and oxygen atoms in total. The SMILES string of the molecule is C=CC(=O)OC12CCCCCC(CCCCC1)CC2. The second-order valence-electron chi connectivity index (χ2n) is 6.41. The summed E-state index contributed by atoms with van der Waals surface area (Å²) in [5.41, 5.74) is -0.182. The van der Waals surface area contributed by atoms with Crippen molar-refractivity contribution in [1.29, 1.82) is 0 Å². The number of esters is 1. The van der Waals surface area contributed by atoms with Crippen molar-refractivity contribution in [1.82, 2.24) is 0 Å². The summed E-state index contributed by atoms with van der Waals surface area (Å²) in [6.07, 6.45) is 16.2. The molecule has 0 N–H and O–H groups in total. The third-order valence-corrected chi connectivity index (χ3v) is 4.98. The molecule has 2 saturated carbocycles. The number of ether oxygens (including phenoxy) is 1.